The Kier molecular flexibility index (Phi) is 3.85. The third-order valence-corrected chi connectivity index (χ3v) is 2.17. The van der Waals surface area contributed by atoms with Crippen molar-refractivity contribution in [2.24, 2.45) is 0 Å². The summed E-state index contributed by atoms with van der Waals surface area (Å²) in [5, 5.41) is -1.79. The van der Waals surface area contributed by atoms with Gasteiger partial charge in [-0.05, 0) is 41.4 Å². The van der Waals surface area contributed by atoms with E-state index in [0.29, 0.717) is 0 Å². The van der Waals surface area contributed by atoms with Gasteiger partial charge in [-0.25, -0.2) is 0 Å². The molecule has 0 saturated carbocycles. The van der Waals surface area contributed by atoms with E-state index >= 15 is 0 Å². The van der Waals surface area contributed by atoms with Gasteiger partial charge in [0.15, 0.2) is 0 Å². The van der Waals surface area contributed by atoms with Gasteiger partial charge in [0.05, 0.1) is 0 Å². The maximum Gasteiger partial charge on any atom is 0.293 e. The average molecular weight is 265 g/mol. The van der Waals surface area contributed by atoms with E-state index in [1.165, 1.54) is 12.1 Å². The Balaban J connectivity index is 3.26. The average Bonchev–Trinajstić information content (AvgIpc) is 2.15. The van der Waals surface area contributed by atoms with Crippen molar-refractivity contribution in [3.8, 4) is 0 Å². The van der Waals surface area contributed by atoms with Crippen molar-refractivity contribution < 1.29 is 14.4 Å². The molecule has 0 aliphatic carbocycles. The van der Waals surface area contributed by atoms with Gasteiger partial charge in [-0.1, -0.05) is 11.6 Å². The van der Waals surface area contributed by atoms with Crippen LogP contribution in [0.2, 0.25) is 5.02 Å². The molecule has 0 amide bonds. The zero-order chi connectivity index (χ0) is 11.6. The largest absolute Gasteiger partial charge is 0.293 e. The molecule has 0 atom stereocenters. The van der Waals surface area contributed by atoms with Gasteiger partial charge in [0.2, 0.25) is 5.78 Å². The number of carbonyl (C=O) groups is 3. The zero-order valence-corrected chi connectivity index (χ0v) is 9.36. The fourth-order valence-electron chi connectivity index (χ4n) is 0.948. The maximum absolute atomic E-state index is 11.2. The molecule has 15 heavy (non-hydrogen) atoms. The zero-order valence-electron chi connectivity index (χ0n) is 7.09. The Morgan fingerprint density at radius 1 is 0.933 bits per heavy atom. The molecule has 0 fully saturated rings. The first-order valence-corrected chi connectivity index (χ1v) is 4.80. The molecule has 0 saturated heterocycles. The minimum Gasteiger partial charge on any atom is -0.284 e. The van der Waals surface area contributed by atoms with Gasteiger partial charge >= 0.3 is 0 Å². The van der Waals surface area contributed by atoms with Crippen molar-refractivity contribution in [1.29, 1.82) is 0 Å². The smallest absolute Gasteiger partial charge is 0.284 e. The summed E-state index contributed by atoms with van der Waals surface area (Å²) in [6.07, 6.45) is 0. The molecule has 1 aromatic carbocycles. The van der Waals surface area contributed by atoms with Gasteiger partial charge in [0.1, 0.15) is 0 Å². The topological polar surface area (TPSA) is 51.2 Å². The highest BCUT2D eigenvalue weighted by Gasteiger charge is 2.16. The van der Waals surface area contributed by atoms with Crippen LogP contribution >= 0.6 is 34.8 Å². The normalized spacial score (nSPS) is 9.80. The van der Waals surface area contributed by atoms with Crippen molar-refractivity contribution in [1.82, 2.24) is 0 Å². The summed E-state index contributed by atoms with van der Waals surface area (Å²) in [6, 6.07) is 3.67. The summed E-state index contributed by atoms with van der Waals surface area (Å²) < 4.78 is 0. The van der Waals surface area contributed by atoms with Gasteiger partial charge in [-0.2, -0.15) is 0 Å². The van der Waals surface area contributed by atoms with Gasteiger partial charge in [-0.15, -0.1) is 0 Å². The summed E-state index contributed by atoms with van der Waals surface area (Å²) in [7, 11) is 0. The first-order valence-electron chi connectivity index (χ1n) is 3.66. The highest BCUT2D eigenvalue weighted by Crippen LogP contribution is 2.17. The molecule has 6 heteroatoms. The molecule has 3 nitrogen and oxygen atoms in total. The lowest BCUT2D eigenvalue weighted by Crippen LogP contribution is -2.08. The van der Waals surface area contributed by atoms with E-state index in [4.69, 9.17) is 34.8 Å². The molecular formula is C9H3Cl3O3. The monoisotopic (exact) mass is 264 g/mol. The van der Waals surface area contributed by atoms with Gasteiger partial charge in [0, 0.05) is 16.1 Å². The number of rotatable bonds is 3. The number of carbonyl (C=O) groups excluding carboxylic acids is 3. The van der Waals surface area contributed by atoms with Gasteiger partial charge in [-0.3, -0.25) is 14.4 Å². The van der Waals surface area contributed by atoms with Crippen LogP contribution in [0.25, 0.3) is 0 Å². The molecule has 0 radical (unpaired) electrons. The van der Waals surface area contributed by atoms with Crippen molar-refractivity contribution in [3.63, 3.8) is 0 Å². The molecule has 78 valence electrons. The lowest BCUT2D eigenvalue weighted by Gasteiger charge is -2.00. The Labute approximate surface area is 99.9 Å². The molecule has 0 spiro atoms. The van der Waals surface area contributed by atoms with Crippen molar-refractivity contribution in [2.75, 3.05) is 0 Å². The summed E-state index contributed by atoms with van der Waals surface area (Å²) >= 11 is 15.8. The third kappa shape index (κ3) is 3.02. The van der Waals surface area contributed by atoms with E-state index in [1.54, 1.807) is 0 Å². The molecular weight excluding hydrogens is 262 g/mol. The summed E-state index contributed by atoms with van der Waals surface area (Å²) in [5.41, 5.74) is -0.0306. The second-order valence-electron chi connectivity index (χ2n) is 2.61. The van der Waals surface area contributed by atoms with Crippen LogP contribution in [-0.2, 0) is 4.79 Å². The lowest BCUT2D eigenvalue weighted by atomic mass is 10.1. The predicted octanol–water partition coefficient (Wildman–Crippen LogP) is 2.67. The number of Topliss-reactive ketones (excluding diaryl/α,β-unsaturated/α-hetero) is 1. The molecule has 1 rings (SSSR count). The Morgan fingerprint density at radius 2 is 1.47 bits per heavy atom. The second kappa shape index (κ2) is 4.75. The van der Waals surface area contributed by atoms with E-state index in [1.807, 2.05) is 0 Å². The fourth-order valence-corrected chi connectivity index (χ4v) is 1.40. The number of ketones is 1. The number of halogens is 3. The van der Waals surface area contributed by atoms with Crippen LogP contribution in [0.5, 0.6) is 0 Å². The summed E-state index contributed by atoms with van der Waals surface area (Å²) in [6.45, 7) is 0. The Bertz CT molecular complexity index is 454. The number of hydrogen-bond acceptors (Lipinski definition) is 3. The Hall–Kier alpha value is -0.900. The van der Waals surface area contributed by atoms with Crippen LogP contribution in [0.15, 0.2) is 18.2 Å². The SMILES string of the molecule is O=C(Cl)C(=O)c1cc(Cl)cc(C(=O)Cl)c1. The van der Waals surface area contributed by atoms with Crippen molar-refractivity contribution >= 4 is 51.1 Å². The minimum absolute atomic E-state index is 0.0328. The number of benzene rings is 1. The van der Waals surface area contributed by atoms with E-state index in [0.717, 1.165) is 6.07 Å². The molecule has 0 N–H and O–H groups in total. The van der Waals surface area contributed by atoms with E-state index < -0.39 is 16.3 Å². The molecule has 0 aromatic heterocycles. The first-order chi connectivity index (χ1) is 6.91. The molecule has 1 aromatic rings. The van der Waals surface area contributed by atoms with Gasteiger partial charge < -0.3 is 0 Å². The first kappa shape index (κ1) is 12.2. The predicted molar refractivity (Wildman–Crippen MR) is 56.8 cm³/mol. The quantitative estimate of drug-likeness (QED) is 0.479. The molecule has 0 aliphatic heterocycles. The molecule has 0 bridgehead atoms. The van der Waals surface area contributed by atoms with Gasteiger partial charge in [0.25, 0.3) is 10.5 Å². The summed E-state index contributed by atoms with van der Waals surface area (Å²) in [4.78, 5) is 32.6. The lowest BCUT2D eigenvalue weighted by molar-refractivity contribution is -0.108. The van der Waals surface area contributed by atoms with Crippen molar-refractivity contribution in [3.05, 3.63) is 34.3 Å². The van der Waals surface area contributed by atoms with Crippen LogP contribution in [0.1, 0.15) is 20.7 Å². The second-order valence-corrected chi connectivity index (χ2v) is 3.73. The van der Waals surface area contributed by atoms with E-state index in [-0.39, 0.29) is 16.1 Å². The minimum atomic E-state index is -1.15. The Morgan fingerprint density at radius 3 is 1.93 bits per heavy atom. The molecule has 0 heterocycles. The maximum atomic E-state index is 11.2. The van der Waals surface area contributed by atoms with E-state index in [2.05, 4.69) is 0 Å². The van der Waals surface area contributed by atoms with E-state index in [9.17, 15) is 14.4 Å². The summed E-state index contributed by atoms with van der Waals surface area (Å²) in [5.74, 6) is -0.932. The van der Waals surface area contributed by atoms with Crippen LogP contribution in [-0.4, -0.2) is 16.3 Å². The van der Waals surface area contributed by atoms with Crippen LogP contribution < -0.4 is 0 Å². The van der Waals surface area contributed by atoms with Crippen LogP contribution in [0, 0.1) is 0 Å². The van der Waals surface area contributed by atoms with Crippen LogP contribution in [0.3, 0.4) is 0 Å². The standard InChI is InChI=1S/C9H3Cl3O3/c10-6-2-4(7(13)9(12)15)1-5(3-6)8(11)14/h1-3H. The van der Waals surface area contributed by atoms with Crippen LogP contribution in [0.4, 0.5) is 0 Å². The highest BCUT2D eigenvalue weighted by molar-refractivity contribution is 6.83. The number of hydrogen-bond donors (Lipinski definition) is 0. The molecule has 0 unspecified atom stereocenters. The third-order valence-electron chi connectivity index (χ3n) is 1.57. The van der Waals surface area contributed by atoms with Crippen molar-refractivity contribution in [2.45, 2.75) is 0 Å². The highest BCUT2D eigenvalue weighted by atomic mass is 35.5. The fraction of sp³-hybridized carbons (Fsp3) is 0. The molecule has 0 aliphatic rings.